The summed E-state index contributed by atoms with van der Waals surface area (Å²) < 4.78 is 0. The molecule has 11 aliphatic rings. The number of amides is 8. The molecule has 0 spiro atoms. The van der Waals surface area contributed by atoms with Gasteiger partial charge in [-0.3, -0.25) is 58.0 Å². The van der Waals surface area contributed by atoms with Gasteiger partial charge in [0.1, 0.15) is 0 Å². The van der Waals surface area contributed by atoms with Crippen LogP contribution in [0, 0.1) is 94.7 Å². The summed E-state index contributed by atoms with van der Waals surface area (Å²) in [5, 5.41) is 0. The van der Waals surface area contributed by atoms with Crippen LogP contribution in [0.25, 0.3) is 18.2 Å². The number of nitrogens with zero attached hydrogens (tertiary/aromatic N) is 4. The molecular weight excluding hydrogens is 1780 g/mol. The van der Waals surface area contributed by atoms with E-state index in [1.807, 2.05) is 18.2 Å². The molecule has 145 heavy (non-hydrogen) atoms. The molecule has 0 aromatic heterocycles. The van der Waals surface area contributed by atoms with Gasteiger partial charge in [0.2, 0.25) is 47.3 Å². The smallest absolute Gasteiger partial charge is 0.233 e. The SMILES string of the molecule is C1=CCC=C1.C=Cc1ccc(CC)cc1.C=Cc1ccc(CC)cc1.C=Cc1ccc(CC)cc1.CCCCCCCCC1C(CCCCCC)CC(CCCCCCCCN2C(=O)C3C4C=CC(C4)C3C2=O)CC1CCCCCCCCN1C(=O)C2C3C=CC(C3)C2C1=O.CCCCCCCCC1C(CCCCCC)CC(CCCCCCCCN2C(=O)CCC2=O)CC1CCCCCCCCN1C(=O)CCC1=O. The molecule has 16 atom stereocenters. The molecule has 806 valence electrons. The lowest BCUT2D eigenvalue weighted by molar-refractivity contribution is -0.142. The van der Waals surface area contributed by atoms with Crippen molar-refractivity contribution in [1.29, 1.82) is 0 Å². The molecule has 4 saturated carbocycles. The van der Waals surface area contributed by atoms with Crippen molar-refractivity contribution in [2.45, 2.75) is 472 Å². The first kappa shape index (κ1) is 121. The van der Waals surface area contributed by atoms with E-state index in [0.29, 0.717) is 75.5 Å². The van der Waals surface area contributed by atoms with Crippen molar-refractivity contribution < 1.29 is 38.4 Å². The zero-order valence-electron chi connectivity index (χ0n) is 93.2. The van der Waals surface area contributed by atoms with Crippen molar-refractivity contribution >= 4 is 65.5 Å². The second-order valence-electron chi connectivity index (χ2n) is 46.0. The molecule has 3 aromatic carbocycles. The first-order chi connectivity index (χ1) is 70.9. The lowest BCUT2D eigenvalue weighted by Gasteiger charge is -2.43. The number of carbonyl (C=O) groups excluding carboxylic acids is 8. The van der Waals surface area contributed by atoms with Crippen LogP contribution in [0.4, 0.5) is 0 Å². The van der Waals surface area contributed by atoms with E-state index < -0.39 is 0 Å². The molecule has 16 unspecified atom stereocenters. The highest BCUT2D eigenvalue weighted by Crippen LogP contribution is 2.55. The molecular formula is C133H206N4O8. The monoisotopic (exact) mass is 1990 g/mol. The second-order valence-corrected chi connectivity index (χ2v) is 46.0. The minimum Gasteiger partial charge on any atom is -0.283 e. The van der Waals surface area contributed by atoms with Gasteiger partial charge in [-0.15, -0.1) is 0 Å². The van der Waals surface area contributed by atoms with E-state index in [9.17, 15) is 38.4 Å². The van der Waals surface area contributed by atoms with Gasteiger partial charge in [0.05, 0.1) is 23.7 Å². The second kappa shape index (κ2) is 71.2. The third kappa shape index (κ3) is 41.6. The Labute approximate surface area is 885 Å². The van der Waals surface area contributed by atoms with E-state index in [-0.39, 0.29) is 70.9 Å². The van der Waals surface area contributed by atoms with Crippen LogP contribution in [0.3, 0.4) is 0 Å². The fraction of sp³-hybridized carbons (Fsp3) is 0.699. The lowest BCUT2D eigenvalue weighted by atomic mass is 9.62. The zero-order valence-corrected chi connectivity index (χ0v) is 93.2. The van der Waals surface area contributed by atoms with Crippen molar-refractivity contribution in [3.05, 3.63) is 175 Å². The van der Waals surface area contributed by atoms with Gasteiger partial charge in [0, 0.05) is 51.9 Å². The lowest BCUT2D eigenvalue weighted by Crippen LogP contribution is -2.33. The fourth-order valence-corrected chi connectivity index (χ4v) is 26.9. The maximum atomic E-state index is 13.1. The molecule has 12 heteroatoms. The molecule has 4 heterocycles. The number of hydrogen-bond donors (Lipinski definition) is 0. The normalized spacial score (nSPS) is 24.4. The third-order valence-corrected chi connectivity index (χ3v) is 35.5. The average molecular weight is 1990 g/mol. The molecule has 4 aliphatic heterocycles. The van der Waals surface area contributed by atoms with Crippen LogP contribution in [0.15, 0.2) is 141 Å². The first-order valence-corrected chi connectivity index (χ1v) is 61.1. The van der Waals surface area contributed by atoms with Crippen molar-refractivity contribution in [1.82, 2.24) is 19.6 Å². The van der Waals surface area contributed by atoms with E-state index in [1.54, 1.807) is 9.80 Å². The highest BCUT2D eigenvalue weighted by Gasteiger charge is 2.60. The minimum absolute atomic E-state index is 0.0289. The Bertz CT molecular complexity index is 4100. The van der Waals surface area contributed by atoms with E-state index in [0.717, 1.165) is 137 Å². The molecule has 0 radical (unpaired) electrons. The van der Waals surface area contributed by atoms with Crippen LogP contribution in [-0.4, -0.2) is 93.0 Å². The van der Waals surface area contributed by atoms with Gasteiger partial charge in [-0.1, -0.05) is 503 Å². The average Bonchev–Trinajstić information content (AvgIpc) is 1.58. The van der Waals surface area contributed by atoms with E-state index in [4.69, 9.17) is 0 Å². The highest BCUT2D eigenvalue weighted by atomic mass is 16.2. The molecule has 14 rings (SSSR count). The number of carbonyl (C=O) groups is 8. The quantitative estimate of drug-likeness (QED) is 0.0308. The number of likely N-dealkylation sites (tertiary alicyclic amines) is 4. The standard InChI is InChI=1S/C54H86N2O4.C44H78N2O4.3C10H12.C5H6/c1-3-5-7-9-16-22-28-46-40(26-20-8-6-4-2)35-39(25-19-14-10-12-17-23-33-55-51(57)47-42-29-30-43(37-42)48(47)52(55)58)36-41(46)27-21-15-11-13-18-24-34-56-53(59)49-44-31-32-45(38-44)50(49)54(56)60;1-3-5-7-9-16-22-28-40-38(26-20-8-6-4-2)35-37(25-19-14-10-12-17-23-33-45-41(47)29-30-42(45)48)36-39(40)27-21-15-11-13-18-24-34-46-43(49)31-32-44(46)50;3*1-3-9-5-7-10(4-2)8-6-9;1-2-4-5-3-1/h29-32,39-50H,3-28,33-38H2,1-2H3;37-40H,3-36H2,1-2H3;3*3,5-8H,1,4H2,2H3;1-4H,5H2. The number of imide groups is 4. The summed E-state index contributed by atoms with van der Waals surface area (Å²) in [6.45, 7) is 29.4. The van der Waals surface area contributed by atoms with Gasteiger partial charge in [0.15, 0.2) is 0 Å². The van der Waals surface area contributed by atoms with Crippen LogP contribution in [0.2, 0.25) is 0 Å². The topological polar surface area (TPSA) is 150 Å². The molecule has 8 amide bonds. The van der Waals surface area contributed by atoms with Crippen molar-refractivity contribution in [2.24, 2.45) is 94.7 Å². The number of benzene rings is 3. The number of fused-ring (bicyclic) bond motifs is 10. The van der Waals surface area contributed by atoms with Crippen molar-refractivity contribution in [3.8, 4) is 0 Å². The summed E-state index contributed by atoms with van der Waals surface area (Å²) in [7, 11) is 0. The van der Waals surface area contributed by atoms with Gasteiger partial charge in [-0.2, -0.15) is 0 Å². The summed E-state index contributed by atoms with van der Waals surface area (Å²) in [5.41, 5.74) is 7.72. The third-order valence-electron chi connectivity index (χ3n) is 35.5. The Balaban J connectivity index is 0.000000242. The molecule has 3 aromatic rings. The number of rotatable bonds is 66. The van der Waals surface area contributed by atoms with Gasteiger partial charge < -0.3 is 0 Å². The highest BCUT2D eigenvalue weighted by molar-refractivity contribution is 6.07. The largest absolute Gasteiger partial charge is 0.283 e. The van der Waals surface area contributed by atoms with Gasteiger partial charge >= 0.3 is 0 Å². The Hall–Kier alpha value is -7.60. The maximum Gasteiger partial charge on any atom is 0.233 e. The van der Waals surface area contributed by atoms with Crippen LogP contribution in [0.5, 0.6) is 0 Å². The predicted molar refractivity (Wildman–Crippen MR) is 611 cm³/mol. The number of hydrogen-bond acceptors (Lipinski definition) is 8. The maximum absolute atomic E-state index is 13.1. The fourth-order valence-electron chi connectivity index (χ4n) is 26.9. The molecule has 0 N–H and O–H groups in total. The van der Waals surface area contributed by atoms with Gasteiger partial charge in [0.25, 0.3) is 0 Å². The van der Waals surface area contributed by atoms with Crippen molar-refractivity contribution in [2.75, 3.05) is 26.2 Å². The minimum atomic E-state index is -0.0507. The number of aryl methyl sites for hydroxylation is 3. The van der Waals surface area contributed by atoms with Crippen LogP contribution >= 0.6 is 0 Å². The first-order valence-electron chi connectivity index (χ1n) is 61.1. The zero-order chi connectivity index (χ0) is 103. The summed E-state index contributed by atoms with van der Waals surface area (Å²) in [6, 6.07) is 25.4. The Morgan fingerprint density at radius 1 is 0.248 bits per heavy atom. The molecule has 7 aliphatic carbocycles. The van der Waals surface area contributed by atoms with Gasteiger partial charge in [-0.25, -0.2) is 0 Å². The number of unbranched alkanes of at least 4 members (excludes halogenated alkanes) is 36. The van der Waals surface area contributed by atoms with Gasteiger partial charge in [-0.05, 0) is 207 Å². The Morgan fingerprint density at radius 2 is 0.462 bits per heavy atom. The molecule has 12 nitrogen and oxygen atoms in total. The van der Waals surface area contributed by atoms with Crippen LogP contribution in [0.1, 0.15) is 486 Å². The molecule has 4 bridgehead atoms. The van der Waals surface area contributed by atoms with Crippen LogP contribution in [-0.2, 0) is 57.6 Å². The predicted octanol–water partition coefficient (Wildman–Crippen LogP) is 34.9. The molecule has 8 fully saturated rings. The van der Waals surface area contributed by atoms with E-state index >= 15 is 0 Å². The number of allylic oxidation sites excluding steroid dienone is 8. The Morgan fingerprint density at radius 3 is 0.690 bits per heavy atom. The summed E-state index contributed by atoms with van der Waals surface area (Å²) in [6.07, 6.45) is 105. The van der Waals surface area contributed by atoms with E-state index in [2.05, 4.69) is 190 Å². The summed E-state index contributed by atoms with van der Waals surface area (Å²) in [5.74, 6) is 8.97. The Kier molecular flexibility index (Phi) is 59.4. The van der Waals surface area contributed by atoms with E-state index in [1.165, 1.54) is 351 Å². The van der Waals surface area contributed by atoms with Crippen molar-refractivity contribution in [3.63, 3.8) is 0 Å². The van der Waals surface area contributed by atoms with Crippen LogP contribution < -0.4 is 0 Å². The summed E-state index contributed by atoms with van der Waals surface area (Å²) >= 11 is 0. The summed E-state index contributed by atoms with van der Waals surface area (Å²) in [4.78, 5) is 106. The molecule has 4 saturated heterocycles.